The van der Waals surface area contributed by atoms with Crippen molar-refractivity contribution >= 4 is 11.6 Å². The van der Waals surface area contributed by atoms with Crippen molar-refractivity contribution in [3.63, 3.8) is 0 Å². The second-order valence-corrected chi connectivity index (χ2v) is 6.25. The highest BCUT2D eigenvalue weighted by Crippen LogP contribution is 2.23. The number of aromatic nitrogens is 2. The van der Waals surface area contributed by atoms with Crippen molar-refractivity contribution < 1.29 is 9.53 Å². The largest absolute Gasteiger partial charge is 0.497 e. The maximum absolute atomic E-state index is 12.5. The van der Waals surface area contributed by atoms with Gasteiger partial charge in [-0.3, -0.25) is 9.89 Å². The Morgan fingerprint density at radius 3 is 2.59 bits per heavy atom. The smallest absolute Gasteiger partial charge is 0.255 e. The molecule has 1 heterocycles. The van der Waals surface area contributed by atoms with Crippen LogP contribution in [-0.2, 0) is 0 Å². The standard InChI is InChI=1S/C21H24N4O2/c1-25(17-7-4-3-5-8-17)14-6-13-22-21(26)19-15-23-24-20(19)16-9-11-18(27-2)12-10-16/h3-5,7-12,15H,6,13-14H2,1-2H3,(H,22,26)(H,23,24). The Morgan fingerprint density at radius 1 is 1.15 bits per heavy atom. The lowest BCUT2D eigenvalue weighted by Crippen LogP contribution is -2.28. The summed E-state index contributed by atoms with van der Waals surface area (Å²) in [4.78, 5) is 14.7. The van der Waals surface area contributed by atoms with Gasteiger partial charge in [-0.25, -0.2) is 0 Å². The highest BCUT2D eigenvalue weighted by atomic mass is 16.5. The number of anilines is 1. The molecule has 0 unspecified atom stereocenters. The molecule has 6 heteroatoms. The van der Waals surface area contributed by atoms with Crippen LogP contribution in [0.3, 0.4) is 0 Å². The first-order valence-corrected chi connectivity index (χ1v) is 8.91. The van der Waals surface area contributed by atoms with Gasteiger partial charge in [0.05, 0.1) is 24.6 Å². The molecular weight excluding hydrogens is 340 g/mol. The third-order valence-corrected chi connectivity index (χ3v) is 4.42. The van der Waals surface area contributed by atoms with Gasteiger partial charge in [-0.1, -0.05) is 18.2 Å². The Bertz CT molecular complexity index is 859. The fourth-order valence-electron chi connectivity index (χ4n) is 2.86. The molecular formula is C21H24N4O2. The van der Waals surface area contributed by atoms with Crippen LogP contribution in [0.15, 0.2) is 60.8 Å². The molecule has 0 aliphatic carbocycles. The highest BCUT2D eigenvalue weighted by Gasteiger charge is 2.15. The maximum atomic E-state index is 12.5. The molecule has 0 fully saturated rings. The molecule has 6 nitrogen and oxygen atoms in total. The van der Waals surface area contributed by atoms with Gasteiger partial charge in [-0.05, 0) is 42.8 Å². The minimum absolute atomic E-state index is 0.128. The Kier molecular flexibility index (Phi) is 6.10. The van der Waals surface area contributed by atoms with Gasteiger partial charge in [0.15, 0.2) is 0 Å². The van der Waals surface area contributed by atoms with Gasteiger partial charge < -0.3 is 15.0 Å². The van der Waals surface area contributed by atoms with E-state index in [9.17, 15) is 4.79 Å². The molecule has 2 aromatic carbocycles. The van der Waals surface area contributed by atoms with Gasteiger partial charge in [0.1, 0.15) is 5.75 Å². The van der Waals surface area contributed by atoms with Crippen LogP contribution in [0.25, 0.3) is 11.3 Å². The van der Waals surface area contributed by atoms with Crippen LogP contribution in [0.4, 0.5) is 5.69 Å². The average Bonchev–Trinajstić information content (AvgIpc) is 3.21. The summed E-state index contributed by atoms with van der Waals surface area (Å²) in [6, 6.07) is 17.7. The van der Waals surface area contributed by atoms with E-state index in [4.69, 9.17) is 4.74 Å². The first kappa shape index (κ1) is 18.5. The Labute approximate surface area is 159 Å². The van der Waals surface area contributed by atoms with Crippen LogP contribution in [0.1, 0.15) is 16.8 Å². The molecule has 2 N–H and O–H groups in total. The number of carbonyl (C=O) groups excluding carboxylic acids is 1. The van der Waals surface area contributed by atoms with Gasteiger partial charge in [0.25, 0.3) is 5.91 Å². The topological polar surface area (TPSA) is 70.2 Å². The number of amides is 1. The predicted octanol–water partition coefficient (Wildman–Crippen LogP) is 3.34. The van der Waals surface area contributed by atoms with Crippen LogP contribution in [0.5, 0.6) is 5.75 Å². The van der Waals surface area contributed by atoms with Crippen LogP contribution in [0, 0.1) is 0 Å². The Morgan fingerprint density at radius 2 is 1.89 bits per heavy atom. The summed E-state index contributed by atoms with van der Waals surface area (Å²) in [5.41, 5.74) is 3.30. The molecule has 140 valence electrons. The summed E-state index contributed by atoms with van der Waals surface area (Å²) >= 11 is 0. The Hall–Kier alpha value is -3.28. The molecule has 1 aromatic heterocycles. The average molecular weight is 364 g/mol. The molecule has 0 saturated heterocycles. The molecule has 0 saturated carbocycles. The summed E-state index contributed by atoms with van der Waals surface area (Å²) in [7, 11) is 3.67. The molecule has 0 aliphatic rings. The number of hydrogen-bond donors (Lipinski definition) is 2. The lowest BCUT2D eigenvalue weighted by Gasteiger charge is -2.19. The normalized spacial score (nSPS) is 10.4. The number of carbonyl (C=O) groups is 1. The molecule has 3 rings (SSSR count). The maximum Gasteiger partial charge on any atom is 0.255 e. The first-order valence-electron chi connectivity index (χ1n) is 8.91. The first-order chi connectivity index (χ1) is 13.2. The second kappa shape index (κ2) is 8.89. The van der Waals surface area contributed by atoms with Crippen LogP contribution < -0.4 is 15.0 Å². The number of nitrogens with one attached hydrogen (secondary N) is 2. The molecule has 0 radical (unpaired) electrons. The van der Waals surface area contributed by atoms with E-state index >= 15 is 0 Å². The van der Waals surface area contributed by atoms with Crippen LogP contribution >= 0.6 is 0 Å². The monoisotopic (exact) mass is 364 g/mol. The molecule has 27 heavy (non-hydrogen) atoms. The van der Waals surface area contributed by atoms with E-state index in [1.807, 2.05) is 42.5 Å². The SMILES string of the molecule is COc1ccc(-c2[nH]ncc2C(=O)NCCCN(C)c2ccccc2)cc1. The molecule has 0 spiro atoms. The Balaban J connectivity index is 1.54. The molecule has 0 atom stereocenters. The van der Waals surface area contributed by atoms with E-state index in [2.05, 4.69) is 39.6 Å². The number of hydrogen-bond acceptors (Lipinski definition) is 4. The minimum Gasteiger partial charge on any atom is -0.497 e. The van der Waals surface area contributed by atoms with Gasteiger partial charge in [-0.15, -0.1) is 0 Å². The lowest BCUT2D eigenvalue weighted by atomic mass is 10.1. The van der Waals surface area contributed by atoms with Gasteiger partial charge in [0, 0.05) is 31.4 Å². The predicted molar refractivity (Wildman–Crippen MR) is 107 cm³/mol. The van der Waals surface area contributed by atoms with E-state index in [1.54, 1.807) is 13.3 Å². The van der Waals surface area contributed by atoms with Crippen molar-refractivity contribution in [2.45, 2.75) is 6.42 Å². The number of H-pyrrole nitrogens is 1. The number of para-hydroxylation sites is 1. The zero-order valence-corrected chi connectivity index (χ0v) is 15.6. The van der Waals surface area contributed by atoms with E-state index < -0.39 is 0 Å². The number of rotatable bonds is 8. The fourth-order valence-corrected chi connectivity index (χ4v) is 2.86. The molecule has 0 aliphatic heterocycles. The van der Waals surface area contributed by atoms with Crippen molar-refractivity contribution in [1.82, 2.24) is 15.5 Å². The number of nitrogens with zero attached hydrogens (tertiary/aromatic N) is 2. The highest BCUT2D eigenvalue weighted by molar-refractivity contribution is 5.99. The summed E-state index contributed by atoms with van der Waals surface area (Å²) in [6.45, 7) is 1.46. The van der Waals surface area contributed by atoms with E-state index in [0.29, 0.717) is 17.8 Å². The van der Waals surface area contributed by atoms with Crippen LogP contribution in [-0.4, -0.2) is 43.4 Å². The number of methoxy groups -OCH3 is 1. The minimum atomic E-state index is -0.128. The molecule has 3 aromatic rings. The van der Waals surface area contributed by atoms with E-state index in [-0.39, 0.29) is 5.91 Å². The zero-order valence-electron chi connectivity index (χ0n) is 15.6. The van der Waals surface area contributed by atoms with Crippen molar-refractivity contribution in [3.8, 4) is 17.0 Å². The molecule has 0 bridgehead atoms. The van der Waals surface area contributed by atoms with E-state index in [0.717, 1.165) is 24.3 Å². The number of aromatic amines is 1. The zero-order chi connectivity index (χ0) is 19.1. The van der Waals surface area contributed by atoms with Crippen molar-refractivity contribution in [2.75, 3.05) is 32.1 Å². The molecule has 1 amide bonds. The lowest BCUT2D eigenvalue weighted by molar-refractivity contribution is 0.0954. The van der Waals surface area contributed by atoms with Gasteiger partial charge >= 0.3 is 0 Å². The van der Waals surface area contributed by atoms with Crippen molar-refractivity contribution in [2.24, 2.45) is 0 Å². The third-order valence-electron chi connectivity index (χ3n) is 4.42. The summed E-state index contributed by atoms with van der Waals surface area (Å²) < 4.78 is 5.17. The number of benzene rings is 2. The van der Waals surface area contributed by atoms with Gasteiger partial charge in [-0.2, -0.15) is 5.10 Å². The van der Waals surface area contributed by atoms with Crippen molar-refractivity contribution in [3.05, 3.63) is 66.4 Å². The summed E-state index contributed by atoms with van der Waals surface area (Å²) in [6.07, 6.45) is 2.41. The summed E-state index contributed by atoms with van der Waals surface area (Å²) in [5.74, 6) is 0.642. The van der Waals surface area contributed by atoms with Crippen molar-refractivity contribution in [1.29, 1.82) is 0 Å². The summed E-state index contributed by atoms with van der Waals surface area (Å²) in [5, 5.41) is 9.92. The second-order valence-electron chi connectivity index (χ2n) is 6.25. The fraction of sp³-hybridized carbons (Fsp3) is 0.238. The third kappa shape index (κ3) is 4.67. The van der Waals surface area contributed by atoms with Crippen LogP contribution in [0.2, 0.25) is 0 Å². The quantitative estimate of drug-likeness (QED) is 0.602. The van der Waals surface area contributed by atoms with E-state index in [1.165, 1.54) is 5.69 Å². The van der Waals surface area contributed by atoms with Gasteiger partial charge in [0.2, 0.25) is 0 Å². The number of ether oxygens (including phenoxy) is 1.